The smallest absolute Gasteiger partial charge is 0.380 e. The molecule has 3 aliphatic heterocycles. The minimum Gasteiger partial charge on any atom is -0.380 e. The molecular weight excluding hydrogens is 545 g/mol. The molecule has 2 saturated heterocycles. The summed E-state index contributed by atoms with van der Waals surface area (Å²) in [6, 6.07) is 3.63. The monoisotopic (exact) mass is 574 g/mol. The van der Waals surface area contributed by atoms with Crippen molar-refractivity contribution in [3.63, 3.8) is 0 Å². The van der Waals surface area contributed by atoms with E-state index in [0.717, 1.165) is 24.3 Å². The van der Waals surface area contributed by atoms with Gasteiger partial charge in [-0.05, 0) is 45.2 Å². The predicted octanol–water partition coefficient (Wildman–Crippen LogP) is 2.65. The third-order valence-electron chi connectivity index (χ3n) is 7.98. The quantitative estimate of drug-likeness (QED) is 0.507. The number of hydrogen-bond donors (Lipinski definition) is 2. The highest BCUT2D eigenvalue weighted by atomic mass is 19.4. The topological polar surface area (TPSA) is 134 Å². The van der Waals surface area contributed by atoms with Crippen LogP contribution >= 0.6 is 0 Å². The molecule has 218 valence electrons. The number of imide groups is 2. The van der Waals surface area contributed by atoms with Gasteiger partial charge in [-0.25, -0.2) is 0 Å². The molecule has 1 aromatic carbocycles. The number of carbonyl (C=O) groups is 5. The number of halogens is 3. The summed E-state index contributed by atoms with van der Waals surface area (Å²) in [4.78, 5) is 64.8. The number of carbonyl (C=O) groups excluding carboxylic acids is 5. The van der Waals surface area contributed by atoms with Gasteiger partial charge in [0.1, 0.15) is 11.5 Å². The molecule has 1 unspecified atom stereocenters. The van der Waals surface area contributed by atoms with Crippen LogP contribution < -0.4 is 10.6 Å². The lowest BCUT2D eigenvalue weighted by molar-refractivity contribution is -0.217. The summed E-state index contributed by atoms with van der Waals surface area (Å²) in [6.07, 6.45) is -0.222. The number of rotatable bonds is 6. The number of amides is 5. The number of piperidine rings is 2. The first-order valence-electron chi connectivity index (χ1n) is 13.3. The minimum atomic E-state index is -4.63. The highest BCUT2D eigenvalue weighted by Gasteiger charge is 2.54. The SMILES string of the molecule is CC(C)(C(=O)N1CCC(n2cc(CNc3cccc4c3C(=O)N(C3CCC(=O)NC3=O)C4=O)cn2)CC1)C(F)(F)F. The van der Waals surface area contributed by atoms with Gasteiger partial charge in [-0.2, -0.15) is 18.3 Å². The van der Waals surface area contributed by atoms with Crippen LogP contribution in [0.5, 0.6) is 0 Å². The van der Waals surface area contributed by atoms with E-state index in [0.29, 0.717) is 18.5 Å². The van der Waals surface area contributed by atoms with Crippen molar-refractivity contribution in [3.05, 3.63) is 47.3 Å². The van der Waals surface area contributed by atoms with Crippen LogP contribution in [-0.2, 0) is 20.9 Å². The van der Waals surface area contributed by atoms with Crippen LogP contribution in [0.25, 0.3) is 0 Å². The van der Waals surface area contributed by atoms with Gasteiger partial charge in [-0.1, -0.05) is 6.07 Å². The van der Waals surface area contributed by atoms with Crippen LogP contribution in [0.4, 0.5) is 18.9 Å². The van der Waals surface area contributed by atoms with Crippen molar-refractivity contribution < 1.29 is 37.1 Å². The molecule has 2 fully saturated rings. The average molecular weight is 575 g/mol. The summed E-state index contributed by atoms with van der Waals surface area (Å²) < 4.78 is 41.6. The standard InChI is InChI=1S/C27H29F3N6O5/c1-26(2,27(28,29)30)25(41)34-10-8-16(9-11-34)35-14-15(13-32-35)12-31-18-5-3-4-17-21(18)24(40)36(23(17)39)19-6-7-20(37)33-22(19)38/h3-5,13-14,16,19,31H,6-12H2,1-2H3,(H,33,37,38). The number of alkyl halides is 3. The Hall–Kier alpha value is -4.23. The molecule has 0 radical (unpaired) electrons. The van der Waals surface area contributed by atoms with Crippen LogP contribution in [0.3, 0.4) is 0 Å². The van der Waals surface area contributed by atoms with Crippen LogP contribution in [0.1, 0.15) is 71.9 Å². The first-order chi connectivity index (χ1) is 19.3. The fourth-order valence-corrected chi connectivity index (χ4v) is 5.38. The highest BCUT2D eigenvalue weighted by molar-refractivity contribution is 6.25. The second-order valence-corrected chi connectivity index (χ2v) is 11.0. The van der Waals surface area contributed by atoms with Crippen molar-refractivity contribution in [3.8, 4) is 0 Å². The lowest BCUT2D eigenvalue weighted by Crippen LogP contribution is -2.54. The number of hydrogen-bond acceptors (Lipinski definition) is 7. The normalized spacial score (nSPS) is 20.4. The summed E-state index contributed by atoms with van der Waals surface area (Å²) in [5.41, 5.74) is -0.975. The molecule has 2 aromatic rings. The summed E-state index contributed by atoms with van der Waals surface area (Å²) in [7, 11) is 0. The summed E-state index contributed by atoms with van der Waals surface area (Å²) in [5.74, 6) is -3.28. The van der Waals surface area contributed by atoms with Crippen molar-refractivity contribution in [2.45, 2.75) is 64.3 Å². The van der Waals surface area contributed by atoms with Crippen LogP contribution in [0, 0.1) is 5.41 Å². The number of aromatic nitrogens is 2. The fourth-order valence-electron chi connectivity index (χ4n) is 5.38. The molecule has 0 spiro atoms. The zero-order valence-electron chi connectivity index (χ0n) is 22.5. The van der Waals surface area contributed by atoms with Crippen molar-refractivity contribution in [2.75, 3.05) is 18.4 Å². The summed E-state index contributed by atoms with van der Waals surface area (Å²) in [6.45, 7) is 2.42. The Kier molecular flexibility index (Phi) is 7.12. The number of fused-ring (bicyclic) bond motifs is 1. The van der Waals surface area contributed by atoms with E-state index in [2.05, 4.69) is 15.7 Å². The number of likely N-dealkylation sites (tertiary alicyclic amines) is 1. The summed E-state index contributed by atoms with van der Waals surface area (Å²) in [5, 5.41) is 9.72. The van der Waals surface area contributed by atoms with E-state index in [-0.39, 0.29) is 49.6 Å². The van der Waals surface area contributed by atoms with E-state index in [1.54, 1.807) is 29.2 Å². The minimum absolute atomic E-state index is 0.0276. The molecule has 5 rings (SSSR count). The van der Waals surface area contributed by atoms with Crippen molar-refractivity contribution in [1.82, 2.24) is 24.9 Å². The number of benzene rings is 1. The maximum Gasteiger partial charge on any atom is 0.402 e. The molecule has 5 amide bonds. The van der Waals surface area contributed by atoms with Crippen LogP contribution in [-0.4, -0.2) is 74.4 Å². The van der Waals surface area contributed by atoms with Crippen molar-refractivity contribution in [2.24, 2.45) is 5.41 Å². The van der Waals surface area contributed by atoms with Gasteiger partial charge in [0.05, 0.1) is 23.4 Å². The van der Waals surface area contributed by atoms with Gasteiger partial charge in [0.25, 0.3) is 11.8 Å². The largest absolute Gasteiger partial charge is 0.402 e. The third kappa shape index (κ3) is 5.06. The van der Waals surface area contributed by atoms with Crippen molar-refractivity contribution in [1.29, 1.82) is 0 Å². The second-order valence-electron chi connectivity index (χ2n) is 11.0. The summed E-state index contributed by atoms with van der Waals surface area (Å²) >= 11 is 0. The lowest BCUT2D eigenvalue weighted by atomic mass is 9.89. The molecule has 11 nitrogen and oxygen atoms in total. The molecule has 1 aromatic heterocycles. The Balaban J connectivity index is 1.22. The molecule has 0 bridgehead atoms. The van der Waals surface area contributed by atoms with Gasteiger partial charge in [0.2, 0.25) is 17.7 Å². The maximum absolute atomic E-state index is 13.3. The molecule has 1 atom stereocenters. The average Bonchev–Trinajstić information content (AvgIpc) is 3.50. The zero-order chi connectivity index (χ0) is 29.7. The highest BCUT2D eigenvalue weighted by Crippen LogP contribution is 2.40. The fraction of sp³-hybridized carbons (Fsp3) is 0.481. The first-order valence-corrected chi connectivity index (χ1v) is 13.3. The molecule has 0 aliphatic carbocycles. The van der Waals surface area contributed by atoms with E-state index in [4.69, 9.17) is 0 Å². The number of nitrogens with one attached hydrogen (secondary N) is 2. The molecule has 41 heavy (non-hydrogen) atoms. The van der Waals surface area contributed by atoms with Gasteiger partial charge in [-0.3, -0.25) is 38.9 Å². The van der Waals surface area contributed by atoms with E-state index in [1.165, 1.54) is 11.0 Å². The molecule has 0 saturated carbocycles. The van der Waals surface area contributed by atoms with Gasteiger partial charge >= 0.3 is 6.18 Å². The second kappa shape index (κ2) is 10.3. The van der Waals surface area contributed by atoms with Gasteiger partial charge in [0.15, 0.2) is 0 Å². The maximum atomic E-state index is 13.3. The lowest BCUT2D eigenvalue weighted by Gasteiger charge is -2.37. The van der Waals surface area contributed by atoms with E-state index >= 15 is 0 Å². The van der Waals surface area contributed by atoms with Gasteiger partial charge in [0, 0.05) is 43.5 Å². The third-order valence-corrected chi connectivity index (χ3v) is 7.98. The Morgan fingerprint density at radius 2 is 1.78 bits per heavy atom. The number of nitrogens with zero attached hydrogens (tertiary/aromatic N) is 4. The predicted molar refractivity (Wildman–Crippen MR) is 137 cm³/mol. The molecule has 3 aliphatic rings. The molecule has 2 N–H and O–H groups in total. The molecular formula is C27H29F3N6O5. The molecule has 14 heteroatoms. The Morgan fingerprint density at radius 1 is 1.07 bits per heavy atom. The first kappa shape index (κ1) is 28.3. The van der Waals surface area contributed by atoms with E-state index in [1.807, 2.05) is 0 Å². The van der Waals surface area contributed by atoms with Crippen LogP contribution in [0.15, 0.2) is 30.6 Å². The van der Waals surface area contributed by atoms with E-state index < -0.39 is 47.2 Å². The Bertz CT molecular complexity index is 1430. The van der Waals surface area contributed by atoms with Gasteiger partial charge < -0.3 is 10.2 Å². The van der Waals surface area contributed by atoms with Gasteiger partial charge in [-0.15, -0.1) is 0 Å². The Morgan fingerprint density at radius 3 is 2.44 bits per heavy atom. The van der Waals surface area contributed by atoms with Crippen molar-refractivity contribution >= 4 is 35.2 Å². The van der Waals surface area contributed by atoms with E-state index in [9.17, 15) is 37.1 Å². The molecule has 4 heterocycles. The van der Waals surface area contributed by atoms with Crippen LogP contribution in [0.2, 0.25) is 0 Å². The number of anilines is 1. The Labute approximate surface area is 233 Å². The zero-order valence-corrected chi connectivity index (χ0v) is 22.5.